The van der Waals surface area contributed by atoms with Crippen molar-refractivity contribution in [3.8, 4) is 5.75 Å². The Bertz CT molecular complexity index is 1810. The molecule has 17 N–H and O–H groups in total. The summed E-state index contributed by atoms with van der Waals surface area (Å²) < 4.78 is 0. The van der Waals surface area contributed by atoms with Crippen molar-refractivity contribution in [2.45, 2.75) is 95.4 Å². The van der Waals surface area contributed by atoms with Crippen LogP contribution < -0.4 is 60.2 Å². The van der Waals surface area contributed by atoms with Crippen LogP contribution in [0, 0.1) is 5.92 Å². The lowest BCUT2D eigenvalue weighted by molar-refractivity contribution is -0.136. The van der Waals surface area contributed by atoms with Gasteiger partial charge in [0.25, 0.3) is 0 Å². The number of primary amides is 3. The number of phenolic OH excluding ortho intramolecular Hbond substituents is 1. The van der Waals surface area contributed by atoms with Crippen LogP contribution in [0.2, 0.25) is 0 Å². The molecule has 25 heteroatoms. The van der Waals surface area contributed by atoms with Crippen molar-refractivity contribution in [2.24, 2.45) is 28.9 Å². The second kappa shape index (κ2) is 28.7. The maximum atomic E-state index is 13.9. The Balaban J connectivity index is 2.98. The van der Waals surface area contributed by atoms with Gasteiger partial charge in [0.2, 0.25) is 65.0 Å². The maximum absolute atomic E-state index is 13.9. The number of phenols is 1. The normalized spacial score (nSPS) is 13.5. The summed E-state index contributed by atoms with van der Waals surface area (Å²) in [7, 11) is 1.30. The standard InChI is InChI=1S/C39H62N12O13/c1-4-21(2)34(39(64)48-24(7-6-14-40)37(62)49-25(35(43)60)16-28(41)54)50-38(63)26(15-22-10-12-23(53)13-11-22)46-31(57)18-44-30(56)8-5-9-33(59)51(3)19-32(58)47-27(20-52)36(61)45-17-29(42)55/h10-13,21,24-27,34,52-53H,4-9,14-20,40H2,1-3H3,(H2,41,54)(H2,42,55)(H2,43,60)(H,44,56)(H,45,61)(H,46,57)(H,47,58)(H,48,64)(H,49,62)(H,50,63). The number of aromatic hydroxyl groups is 1. The lowest BCUT2D eigenvalue weighted by Gasteiger charge is -2.29. The van der Waals surface area contributed by atoms with E-state index in [9.17, 15) is 63.0 Å². The van der Waals surface area contributed by atoms with E-state index in [2.05, 4.69) is 37.2 Å². The number of hydrogen-bond donors (Lipinski definition) is 13. The molecule has 0 spiro atoms. The molecular formula is C39H62N12O13. The zero-order chi connectivity index (χ0) is 48.5. The van der Waals surface area contributed by atoms with Crippen LogP contribution in [-0.4, -0.2) is 150 Å². The van der Waals surface area contributed by atoms with Gasteiger partial charge < -0.3 is 75.3 Å². The van der Waals surface area contributed by atoms with Crippen molar-refractivity contribution in [2.75, 3.05) is 39.8 Å². The average Bonchev–Trinajstić information content (AvgIpc) is 3.23. The third kappa shape index (κ3) is 21.3. The lowest BCUT2D eigenvalue weighted by atomic mass is 9.96. The first-order valence-corrected chi connectivity index (χ1v) is 20.3. The van der Waals surface area contributed by atoms with Crippen molar-refractivity contribution in [3.05, 3.63) is 29.8 Å². The van der Waals surface area contributed by atoms with E-state index < -0.39 is 134 Å². The van der Waals surface area contributed by atoms with E-state index in [0.29, 0.717) is 12.0 Å². The van der Waals surface area contributed by atoms with Crippen LogP contribution >= 0.6 is 0 Å². The molecule has 0 fully saturated rings. The minimum Gasteiger partial charge on any atom is -0.508 e. The molecule has 25 nitrogen and oxygen atoms in total. The smallest absolute Gasteiger partial charge is 0.245 e. The fraction of sp³-hybridized carbons (Fsp3) is 0.564. The van der Waals surface area contributed by atoms with Crippen LogP contribution in [0.25, 0.3) is 0 Å². The lowest BCUT2D eigenvalue weighted by Crippen LogP contribution is -2.60. The fourth-order valence-electron chi connectivity index (χ4n) is 5.72. The molecule has 0 bridgehead atoms. The number of aliphatic hydroxyl groups excluding tert-OH is 1. The van der Waals surface area contributed by atoms with Crippen LogP contribution in [0.1, 0.15) is 64.4 Å². The van der Waals surface area contributed by atoms with Gasteiger partial charge >= 0.3 is 0 Å². The Hall–Kier alpha value is -6.89. The first-order chi connectivity index (χ1) is 30.1. The number of benzene rings is 1. The zero-order valence-corrected chi connectivity index (χ0v) is 36.1. The molecule has 64 heavy (non-hydrogen) atoms. The van der Waals surface area contributed by atoms with E-state index in [-0.39, 0.29) is 50.8 Å². The van der Waals surface area contributed by atoms with Gasteiger partial charge in [0.1, 0.15) is 36.0 Å². The first-order valence-electron chi connectivity index (χ1n) is 20.3. The van der Waals surface area contributed by atoms with Crippen LogP contribution in [0.15, 0.2) is 24.3 Å². The highest BCUT2D eigenvalue weighted by molar-refractivity contribution is 5.97. The highest BCUT2D eigenvalue weighted by atomic mass is 16.3. The molecule has 0 aliphatic rings. The molecule has 6 atom stereocenters. The second-order valence-corrected chi connectivity index (χ2v) is 14.9. The summed E-state index contributed by atoms with van der Waals surface area (Å²) in [6.07, 6.45) is -0.494. The number of carbonyl (C=O) groups is 11. The molecule has 0 heterocycles. The van der Waals surface area contributed by atoms with Gasteiger partial charge in [-0.05, 0) is 49.4 Å². The molecule has 11 amide bonds. The molecular weight excluding hydrogens is 844 g/mol. The molecule has 1 aromatic rings. The monoisotopic (exact) mass is 906 g/mol. The predicted octanol–water partition coefficient (Wildman–Crippen LogP) is -6.16. The molecule has 0 radical (unpaired) electrons. The van der Waals surface area contributed by atoms with E-state index >= 15 is 0 Å². The van der Waals surface area contributed by atoms with Crippen LogP contribution in [0.4, 0.5) is 0 Å². The summed E-state index contributed by atoms with van der Waals surface area (Å²) in [6, 6.07) is -1.01. The van der Waals surface area contributed by atoms with Gasteiger partial charge in [0.15, 0.2) is 0 Å². The number of nitrogens with one attached hydrogen (secondary N) is 7. The number of nitrogens with zero attached hydrogens (tertiary/aromatic N) is 1. The van der Waals surface area contributed by atoms with Crippen molar-refractivity contribution >= 4 is 65.0 Å². The highest BCUT2D eigenvalue weighted by Crippen LogP contribution is 2.14. The summed E-state index contributed by atoms with van der Waals surface area (Å²) >= 11 is 0. The summed E-state index contributed by atoms with van der Waals surface area (Å²) in [6.45, 7) is 1.13. The van der Waals surface area contributed by atoms with Gasteiger partial charge in [-0.2, -0.15) is 0 Å². The van der Waals surface area contributed by atoms with Crippen molar-refractivity contribution in [1.82, 2.24) is 42.1 Å². The molecule has 356 valence electrons. The van der Waals surface area contributed by atoms with E-state index in [1.807, 2.05) is 0 Å². The van der Waals surface area contributed by atoms with E-state index in [1.165, 1.54) is 31.3 Å². The van der Waals surface area contributed by atoms with Gasteiger partial charge in [-0.1, -0.05) is 32.4 Å². The van der Waals surface area contributed by atoms with Crippen LogP contribution in [-0.2, 0) is 59.2 Å². The molecule has 0 saturated heterocycles. The van der Waals surface area contributed by atoms with Gasteiger partial charge in [-0.25, -0.2) is 0 Å². The number of aliphatic hydroxyl groups is 1. The van der Waals surface area contributed by atoms with Crippen LogP contribution in [0.5, 0.6) is 5.75 Å². The van der Waals surface area contributed by atoms with Crippen molar-refractivity contribution in [1.29, 1.82) is 0 Å². The predicted molar refractivity (Wildman–Crippen MR) is 226 cm³/mol. The van der Waals surface area contributed by atoms with Gasteiger partial charge in [0, 0.05) is 26.3 Å². The Morgan fingerprint density at radius 2 is 1.28 bits per heavy atom. The minimum atomic E-state index is -1.46. The Morgan fingerprint density at radius 3 is 1.84 bits per heavy atom. The van der Waals surface area contributed by atoms with E-state index in [4.69, 9.17) is 22.9 Å². The number of carbonyl (C=O) groups excluding carboxylic acids is 11. The van der Waals surface area contributed by atoms with Crippen molar-refractivity contribution < 1.29 is 63.0 Å². The first kappa shape index (κ1) is 55.1. The van der Waals surface area contributed by atoms with Gasteiger partial charge in [-0.15, -0.1) is 0 Å². The maximum Gasteiger partial charge on any atom is 0.245 e. The summed E-state index contributed by atoms with van der Waals surface area (Å²) in [5.41, 5.74) is 21.6. The third-order valence-corrected chi connectivity index (χ3v) is 9.53. The quantitative estimate of drug-likeness (QED) is 0.0342. The van der Waals surface area contributed by atoms with Gasteiger partial charge in [0.05, 0.1) is 32.7 Å². The molecule has 0 saturated carbocycles. The third-order valence-electron chi connectivity index (χ3n) is 9.53. The zero-order valence-electron chi connectivity index (χ0n) is 36.1. The number of rotatable bonds is 30. The summed E-state index contributed by atoms with van der Waals surface area (Å²) in [4.78, 5) is 139. The Morgan fingerprint density at radius 1 is 0.672 bits per heavy atom. The fourth-order valence-corrected chi connectivity index (χ4v) is 5.72. The van der Waals surface area contributed by atoms with Crippen molar-refractivity contribution in [3.63, 3.8) is 0 Å². The molecule has 1 aromatic carbocycles. The van der Waals surface area contributed by atoms with Crippen LogP contribution in [0.3, 0.4) is 0 Å². The minimum absolute atomic E-state index is 0.00577. The number of hydrogen-bond acceptors (Lipinski definition) is 14. The molecule has 0 aliphatic carbocycles. The summed E-state index contributed by atoms with van der Waals surface area (Å²) in [5.74, 6) is -9.50. The molecule has 0 aliphatic heterocycles. The number of likely N-dealkylation sites (N-methyl/N-ethyl adjacent to an activating group) is 1. The topological polar surface area (TPSA) is 420 Å². The molecule has 6 unspecified atom stereocenters. The Kier molecular flexibility index (Phi) is 24.7. The summed E-state index contributed by atoms with van der Waals surface area (Å²) in [5, 5.41) is 36.0. The van der Waals surface area contributed by atoms with E-state index in [0.717, 1.165) is 4.90 Å². The second-order valence-electron chi connectivity index (χ2n) is 14.9. The van der Waals surface area contributed by atoms with Gasteiger partial charge in [-0.3, -0.25) is 52.7 Å². The largest absolute Gasteiger partial charge is 0.508 e. The average molecular weight is 907 g/mol. The Labute approximate surface area is 369 Å². The highest BCUT2D eigenvalue weighted by Gasteiger charge is 2.34. The SMILES string of the molecule is CCC(C)C(NC(=O)C(Cc1ccc(O)cc1)NC(=O)CNC(=O)CCCC(=O)N(C)CC(=O)NC(CO)C(=O)NCC(N)=O)C(=O)NC(CCCN)C(=O)NC(CC(N)=O)C(N)=O. The number of amides is 11. The molecule has 1 rings (SSSR count). The number of nitrogens with two attached hydrogens (primary N) is 4. The van der Waals surface area contributed by atoms with E-state index in [1.54, 1.807) is 13.8 Å². The molecule has 0 aromatic heterocycles.